The molecule has 0 aliphatic rings. The van der Waals surface area contributed by atoms with Gasteiger partial charge in [0.25, 0.3) is 0 Å². The van der Waals surface area contributed by atoms with Crippen LogP contribution in [-0.4, -0.2) is 16.1 Å². The first kappa shape index (κ1) is 11.9. The number of hydrogen-bond acceptors (Lipinski definition) is 2. The molecule has 3 nitrogen and oxygen atoms in total. The van der Waals surface area contributed by atoms with Gasteiger partial charge in [0, 0.05) is 18.2 Å². The van der Waals surface area contributed by atoms with Crippen molar-refractivity contribution >= 4 is 11.0 Å². The van der Waals surface area contributed by atoms with E-state index in [1.807, 2.05) is 36.4 Å². The number of benzene rings is 2. The third-order valence-corrected chi connectivity index (χ3v) is 3.40. The molecule has 0 radical (unpaired) electrons. The summed E-state index contributed by atoms with van der Waals surface area (Å²) in [5.41, 5.74) is 9.09. The predicted molar refractivity (Wildman–Crippen MR) is 78.5 cm³/mol. The molecule has 0 amide bonds. The SMILES string of the molecule is CC(CN)c1nc2ccccc2n1-c1ccccc1. The second-order valence-electron chi connectivity index (χ2n) is 4.77. The maximum absolute atomic E-state index is 5.82. The zero-order valence-electron chi connectivity index (χ0n) is 11.0. The molecule has 0 aliphatic carbocycles. The minimum atomic E-state index is 0.229. The molecule has 96 valence electrons. The molecule has 1 unspecified atom stereocenters. The van der Waals surface area contributed by atoms with E-state index < -0.39 is 0 Å². The molecule has 0 saturated carbocycles. The Hall–Kier alpha value is -2.13. The number of para-hydroxylation sites is 3. The Morgan fingerprint density at radius 1 is 1.05 bits per heavy atom. The summed E-state index contributed by atoms with van der Waals surface area (Å²) in [6.07, 6.45) is 0. The molecule has 3 rings (SSSR count). The normalized spacial score (nSPS) is 12.7. The Balaban J connectivity index is 2.31. The second kappa shape index (κ2) is 4.86. The van der Waals surface area contributed by atoms with Gasteiger partial charge in [0.1, 0.15) is 5.82 Å². The molecule has 0 spiro atoms. The summed E-state index contributed by atoms with van der Waals surface area (Å²) in [6.45, 7) is 2.71. The number of hydrogen-bond donors (Lipinski definition) is 1. The van der Waals surface area contributed by atoms with Crippen molar-refractivity contribution in [2.75, 3.05) is 6.54 Å². The molecule has 3 heteroatoms. The van der Waals surface area contributed by atoms with Crippen LogP contribution in [-0.2, 0) is 0 Å². The van der Waals surface area contributed by atoms with Gasteiger partial charge in [0.05, 0.1) is 11.0 Å². The molecule has 1 heterocycles. The molecule has 0 saturated heterocycles. The molecule has 0 aliphatic heterocycles. The first-order valence-corrected chi connectivity index (χ1v) is 6.54. The van der Waals surface area contributed by atoms with Crippen LogP contribution in [0.15, 0.2) is 54.6 Å². The highest BCUT2D eigenvalue weighted by Crippen LogP contribution is 2.25. The number of fused-ring (bicyclic) bond motifs is 1. The lowest BCUT2D eigenvalue weighted by molar-refractivity contribution is 0.702. The van der Waals surface area contributed by atoms with Gasteiger partial charge in [-0.05, 0) is 24.3 Å². The summed E-state index contributed by atoms with van der Waals surface area (Å²) < 4.78 is 2.20. The van der Waals surface area contributed by atoms with Gasteiger partial charge in [-0.25, -0.2) is 4.98 Å². The van der Waals surface area contributed by atoms with Crippen molar-refractivity contribution < 1.29 is 0 Å². The van der Waals surface area contributed by atoms with E-state index in [0.29, 0.717) is 6.54 Å². The lowest BCUT2D eigenvalue weighted by Crippen LogP contribution is -2.14. The van der Waals surface area contributed by atoms with E-state index >= 15 is 0 Å². The molecule has 19 heavy (non-hydrogen) atoms. The Morgan fingerprint density at radius 3 is 2.47 bits per heavy atom. The van der Waals surface area contributed by atoms with Crippen LogP contribution in [0.3, 0.4) is 0 Å². The van der Waals surface area contributed by atoms with Gasteiger partial charge in [-0.1, -0.05) is 37.3 Å². The number of nitrogens with two attached hydrogens (primary N) is 1. The molecule has 2 N–H and O–H groups in total. The van der Waals surface area contributed by atoms with Crippen molar-refractivity contribution in [2.24, 2.45) is 5.73 Å². The average molecular weight is 251 g/mol. The van der Waals surface area contributed by atoms with Gasteiger partial charge >= 0.3 is 0 Å². The Kier molecular flexibility index (Phi) is 3.05. The number of nitrogens with zero attached hydrogens (tertiary/aromatic N) is 2. The van der Waals surface area contributed by atoms with Crippen molar-refractivity contribution in [3.05, 3.63) is 60.4 Å². The zero-order chi connectivity index (χ0) is 13.2. The lowest BCUT2D eigenvalue weighted by atomic mass is 10.1. The largest absolute Gasteiger partial charge is 0.330 e. The van der Waals surface area contributed by atoms with Crippen molar-refractivity contribution in [3.63, 3.8) is 0 Å². The Labute approximate surface area is 112 Å². The number of rotatable bonds is 3. The van der Waals surface area contributed by atoms with E-state index in [4.69, 9.17) is 10.7 Å². The number of imidazole rings is 1. The summed E-state index contributed by atoms with van der Waals surface area (Å²) >= 11 is 0. The molecule has 3 aromatic rings. The van der Waals surface area contributed by atoms with Crippen LogP contribution in [0.25, 0.3) is 16.7 Å². The Morgan fingerprint density at radius 2 is 1.74 bits per heavy atom. The summed E-state index contributed by atoms with van der Waals surface area (Å²) in [6, 6.07) is 18.5. The van der Waals surface area contributed by atoms with Crippen LogP contribution in [0.5, 0.6) is 0 Å². The van der Waals surface area contributed by atoms with Crippen LogP contribution >= 0.6 is 0 Å². The molecule has 0 fully saturated rings. The highest BCUT2D eigenvalue weighted by Gasteiger charge is 2.16. The summed E-state index contributed by atoms with van der Waals surface area (Å²) in [5, 5.41) is 0. The van der Waals surface area contributed by atoms with E-state index in [9.17, 15) is 0 Å². The van der Waals surface area contributed by atoms with Gasteiger partial charge in [-0.2, -0.15) is 0 Å². The van der Waals surface area contributed by atoms with Gasteiger partial charge in [0.15, 0.2) is 0 Å². The van der Waals surface area contributed by atoms with Gasteiger partial charge < -0.3 is 5.73 Å². The van der Waals surface area contributed by atoms with Crippen LogP contribution < -0.4 is 5.73 Å². The number of aromatic nitrogens is 2. The summed E-state index contributed by atoms with van der Waals surface area (Å²) in [7, 11) is 0. The van der Waals surface area contributed by atoms with E-state index in [1.165, 1.54) is 0 Å². The first-order valence-electron chi connectivity index (χ1n) is 6.54. The molecule has 2 aromatic carbocycles. The maximum Gasteiger partial charge on any atom is 0.118 e. The van der Waals surface area contributed by atoms with Gasteiger partial charge in [0.2, 0.25) is 0 Å². The highest BCUT2D eigenvalue weighted by molar-refractivity contribution is 5.78. The van der Waals surface area contributed by atoms with E-state index in [2.05, 4.69) is 29.7 Å². The van der Waals surface area contributed by atoms with Crippen LogP contribution in [0.1, 0.15) is 18.7 Å². The Bertz CT molecular complexity index is 686. The highest BCUT2D eigenvalue weighted by atomic mass is 15.1. The van der Waals surface area contributed by atoms with E-state index in [0.717, 1.165) is 22.5 Å². The van der Waals surface area contributed by atoms with Gasteiger partial charge in [-0.15, -0.1) is 0 Å². The predicted octanol–water partition coefficient (Wildman–Crippen LogP) is 3.09. The van der Waals surface area contributed by atoms with E-state index in [1.54, 1.807) is 0 Å². The van der Waals surface area contributed by atoms with Crippen LogP contribution in [0, 0.1) is 0 Å². The quantitative estimate of drug-likeness (QED) is 0.777. The summed E-state index contributed by atoms with van der Waals surface area (Å²) in [5.74, 6) is 1.25. The summed E-state index contributed by atoms with van der Waals surface area (Å²) in [4.78, 5) is 4.74. The second-order valence-corrected chi connectivity index (χ2v) is 4.77. The van der Waals surface area contributed by atoms with Crippen molar-refractivity contribution in [1.29, 1.82) is 0 Å². The lowest BCUT2D eigenvalue weighted by Gasteiger charge is -2.13. The molecule has 1 aromatic heterocycles. The standard InChI is InChI=1S/C16H17N3/c1-12(11-17)16-18-14-9-5-6-10-15(14)19(16)13-7-3-2-4-8-13/h2-10,12H,11,17H2,1H3. The fourth-order valence-electron chi connectivity index (χ4n) is 2.33. The molecular formula is C16H17N3. The topological polar surface area (TPSA) is 43.8 Å². The van der Waals surface area contributed by atoms with Crippen LogP contribution in [0.2, 0.25) is 0 Å². The zero-order valence-corrected chi connectivity index (χ0v) is 11.0. The smallest absolute Gasteiger partial charge is 0.118 e. The minimum Gasteiger partial charge on any atom is -0.330 e. The van der Waals surface area contributed by atoms with Crippen molar-refractivity contribution in [2.45, 2.75) is 12.8 Å². The van der Waals surface area contributed by atoms with Gasteiger partial charge in [-0.3, -0.25) is 4.57 Å². The monoisotopic (exact) mass is 251 g/mol. The minimum absolute atomic E-state index is 0.229. The first-order chi connectivity index (χ1) is 9.31. The fraction of sp³-hybridized carbons (Fsp3) is 0.188. The molecule has 0 bridgehead atoms. The average Bonchev–Trinajstić information content (AvgIpc) is 2.86. The van der Waals surface area contributed by atoms with E-state index in [-0.39, 0.29) is 5.92 Å². The molecule has 1 atom stereocenters. The third kappa shape index (κ3) is 2.02. The fourth-order valence-corrected chi connectivity index (χ4v) is 2.33. The third-order valence-electron chi connectivity index (χ3n) is 3.40. The van der Waals surface area contributed by atoms with Crippen LogP contribution in [0.4, 0.5) is 0 Å². The maximum atomic E-state index is 5.82. The molecular weight excluding hydrogens is 234 g/mol. The van der Waals surface area contributed by atoms with Crippen molar-refractivity contribution in [1.82, 2.24) is 9.55 Å². The van der Waals surface area contributed by atoms with Crippen molar-refractivity contribution in [3.8, 4) is 5.69 Å².